The van der Waals surface area contributed by atoms with E-state index in [0.717, 1.165) is 0 Å². The number of carbonyl (C=O) groups is 1. The molecule has 0 saturated carbocycles. The maximum absolute atomic E-state index is 12.4. The second-order valence-corrected chi connectivity index (χ2v) is 4.00. The highest BCUT2D eigenvalue weighted by molar-refractivity contribution is 5.96. The van der Waals surface area contributed by atoms with Gasteiger partial charge in [-0.05, 0) is 0 Å². The van der Waals surface area contributed by atoms with E-state index in [2.05, 4.69) is 4.98 Å². The minimum absolute atomic E-state index is 0.0488. The van der Waals surface area contributed by atoms with Crippen molar-refractivity contribution < 1.29 is 31.1 Å². The van der Waals surface area contributed by atoms with Gasteiger partial charge in [-0.25, -0.2) is 4.98 Å². The fourth-order valence-corrected chi connectivity index (χ4v) is 1.74. The molecule has 5 nitrogen and oxygen atoms in total. The lowest BCUT2D eigenvalue weighted by Gasteiger charge is -2.13. The maximum Gasteiger partial charge on any atom is 0.433 e. The lowest BCUT2D eigenvalue weighted by Crippen LogP contribution is -2.29. The summed E-state index contributed by atoms with van der Waals surface area (Å²) >= 11 is 0. The highest BCUT2D eigenvalue weighted by atomic mass is 19.4. The van der Waals surface area contributed by atoms with Gasteiger partial charge in [0.2, 0.25) is 11.9 Å². The molecule has 0 saturated heterocycles. The molecule has 1 unspecified atom stereocenters. The van der Waals surface area contributed by atoms with Crippen molar-refractivity contribution in [1.82, 2.24) is 9.55 Å². The second-order valence-electron chi connectivity index (χ2n) is 4.00. The molecular weight excluding hydrogens is 296 g/mol. The Labute approximate surface area is 106 Å². The number of halogens is 6. The molecule has 0 spiro atoms. The van der Waals surface area contributed by atoms with Gasteiger partial charge in [0.1, 0.15) is 6.04 Å². The summed E-state index contributed by atoms with van der Waals surface area (Å²) in [5.74, 6) is -2.07. The number of nitrogens with one attached hydrogen (secondary N) is 1. The van der Waals surface area contributed by atoms with Gasteiger partial charge < -0.3 is 0 Å². The molecule has 1 aromatic heterocycles. The number of carbonyl (C=O) groups excluding carboxylic acids is 1. The average molecular weight is 301 g/mol. The molecule has 0 fully saturated rings. The van der Waals surface area contributed by atoms with E-state index in [1.54, 1.807) is 5.32 Å². The van der Waals surface area contributed by atoms with Crippen molar-refractivity contribution in [3.63, 3.8) is 0 Å². The first-order valence-electron chi connectivity index (χ1n) is 5.07. The Kier molecular flexibility index (Phi) is 3.02. The molecule has 0 bridgehead atoms. The van der Waals surface area contributed by atoms with Crippen molar-refractivity contribution >= 4 is 11.9 Å². The van der Waals surface area contributed by atoms with Gasteiger partial charge >= 0.3 is 12.4 Å². The van der Waals surface area contributed by atoms with E-state index in [-0.39, 0.29) is 10.6 Å². The van der Waals surface area contributed by atoms with E-state index < -0.39 is 47.9 Å². The van der Waals surface area contributed by atoms with E-state index in [1.165, 1.54) is 0 Å². The van der Waals surface area contributed by atoms with Crippen molar-refractivity contribution in [2.75, 3.05) is 5.32 Å². The number of aromatic nitrogens is 2. The summed E-state index contributed by atoms with van der Waals surface area (Å²) in [5, 5.41) is 1.74. The van der Waals surface area contributed by atoms with Crippen LogP contribution in [0, 0.1) is 0 Å². The predicted molar refractivity (Wildman–Crippen MR) is 51.8 cm³/mol. The number of nitrogens with zero attached hydrogens (tertiary/aromatic N) is 2. The lowest BCUT2D eigenvalue weighted by molar-refractivity contribution is -0.149. The van der Waals surface area contributed by atoms with Gasteiger partial charge in [0, 0.05) is 6.07 Å². The minimum atomic E-state index is -4.94. The quantitative estimate of drug-likeness (QED) is 0.803. The Hall–Kier alpha value is -2.07. The van der Waals surface area contributed by atoms with Crippen molar-refractivity contribution in [3.05, 3.63) is 22.1 Å². The molecular formula is C9H5F6N3O2. The molecule has 1 aliphatic rings. The monoisotopic (exact) mass is 301 g/mol. The van der Waals surface area contributed by atoms with Crippen LogP contribution < -0.4 is 10.9 Å². The van der Waals surface area contributed by atoms with Gasteiger partial charge in [0.15, 0.2) is 5.69 Å². The van der Waals surface area contributed by atoms with Gasteiger partial charge in [-0.2, -0.15) is 26.3 Å². The Balaban J connectivity index is 2.50. The largest absolute Gasteiger partial charge is 0.433 e. The topological polar surface area (TPSA) is 64.0 Å². The fraction of sp³-hybridized carbons (Fsp3) is 0.444. The number of fused-ring (bicyclic) bond motifs is 1. The van der Waals surface area contributed by atoms with E-state index in [4.69, 9.17) is 0 Å². The summed E-state index contributed by atoms with van der Waals surface area (Å²) in [6.45, 7) is 0. The minimum Gasteiger partial charge on any atom is -0.294 e. The van der Waals surface area contributed by atoms with Crippen LogP contribution in [0.25, 0.3) is 0 Å². The summed E-state index contributed by atoms with van der Waals surface area (Å²) in [7, 11) is 0. The van der Waals surface area contributed by atoms with Crippen molar-refractivity contribution in [2.45, 2.75) is 24.8 Å². The average Bonchev–Trinajstić information content (AvgIpc) is 2.52. The molecule has 1 N–H and O–H groups in total. The third-order valence-electron chi connectivity index (χ3n) is 2.52. The molecule has 110 valence electrons. The zero-order chi connectivity index (χ0) is 15.3. The van der Waals surface area contributed by atoms with Crippen molar-refractivity contribution in [2.24, 2.45) is 0 Å². The number of amides is 1. The summed E-state index contributed by atoms with van der Waals surface area (Å²) in [5.41, 5.74) is -2.96. The van der Waals surface area contributed by atoms with Crippen LogP contribution in [-0.4, -0.2) is 21.6 Å². The van der Waals surface area contributed by atoms with E-state index in [9.17, 15) is 35.9 Å². The van der Waals surface area contributed by atoms with Crippen LogP contribution in [0.4, 0.5) is 32.3 Å². The Morgan fingerprint density at radius 3 is 2.30 bits per heavy atom. The first kappa shape index (κ1) is 14.3. The van der Waals surface area contributed by atoms with Crippen LogP contribution in [0.5, 0.6) is 0 Å². The van der Waals surface area contributed by atoms with Crippen LogP contribution in [0.3, 0.4) is 0 Å². The standard InChI is InChI=1S/C9H5F6N3O2/c10-8(11,12)2-3-6(20)17-7-16-4(9(13,14)15)1-5(19)18(3)7/h1,3H,2H2,(H,16,17,20). The number of alkyl halides is 6. The van der Waals surface area contributed by atoms with Gasteiger partial charge in [0.25, 0.3) is 5.56 Å². The first-order valence-corrected chi connectivity index (χ1v) is 5.07. The molecule has 1 atom stereocenters. The highest BCUT2D eigenvalue weighted by Gasteiger charge is 2.43. The Morgan fingerprint density at radius 1 is 1.20 bits per heavy atom. The SMILES string of the molecule is O=C1Nc2nc(C(F)(F)F)cc(=O)n2C1CC(F)(F)F. The zero-order valence-electron chi connectivity index (χ0n) is 9.34. The van der Waals surface area contributed by atoms with Crippen LogP contribution >= 0.6 is 0 Å². The summed E-state index contributed by atoms with van der Waals surface area (Å²) in [6.07, 6.45) is -11.4. The molecule has 20 heavy (non-hydrogen) atoms. The smallest absolute Gasteiger partial charge is 0.294 e. The number of hydrogen-bond acceptors (Lipinski definition) is 3. The van der Waals surface area contributed by atoms with Gasteiger partial charge in [0.05, 0.1) is 6.42 Å². The molecule has 1 aromatic rings. The highest BCUT2D eigenvalue weighted by Crippen LogP contribution is 2.34. The number of hydrogen-bond donors (Lipinski definition) is 1. The molecule has 1 amide bonds. The fourth-order valence-electron chi connectivity index (χ4n) is 1.74. The van der Waals surface area contributed by atoms with Crippen LogP contribution in [0.2, 0.25) is 0 Å². The van der Waals surface area contributed by atoms with Crippen molar-refractivity contribution in [1.29, 1.82) is 0 Å². The predicted octanol–water partition coefficient (Wildman–Crippen LogP) is 1.71. The molecule has 0 radical (unpaired) electrons. The molecule has 11 heteroatoms. The Bertz CT molecular complexity index is 618. The third-order valence-corrected chi connectivity index (χ3v) is 2.52. The molecule has 0 aliphatic carbocycles. The molecule has 0 aromatic carbocycles. The maximum atomic E-state index is 12.4. The van der Waals surface area contributed by atoms with Crippen LogP contribution in [-0.2, 0) is 11.0 Å². The summed E-state index contributed by atoms with van der Waals surface area (Å²) in [6, 6.07) is -1.90. The van der Waals surface area contributed by atoms with Crippen LogP contribution in [0.1, 0.15) is 18.2 Å². The Morgan fingerprint density at radius 2 is 1.80 bits per heavy atom. The van der Waals surface area contributed by atoms with E-state index >= 15 is 0 Å². The summed E-state index contributed by atoms with van der Waals surface area (Å²) < 4.78 is 74.3. The number of rotatable bonds is 1. The lowest BCUT2D eigenvalue weighted by atomic mass is 10.2. The first-order chi connectivity index (χ1) is 8.99. The second kappa shape index (κ2) is 4.21. The number of anilines is 1. The van der Waals surface area contributed by atoms with E-state index in [1.807, 2.05) is 0 Å². The van der Waals surface area contributed by atoms with Gasteiger partial charge in [-0.15, -0.1) is 0 Å². The van der Waals surface area contributed by atoms with Gasteiger partial charge in [-0.1, -0.05) is 0 Å². The summed E-state index contributed by atoms with van der Waals surface area (Å²) in [4.78, 5) is 25.8. The zero-order valence-corrected chi connectivity index (χ0v) is 9.34. The van der Waals surface area contributed by atoms with Crippen molar-refractivity contribution in [3.8, 4) is 0 Å². The third kappa shape index (κ3) is 2.60. The molecule has 2 heterocycles. The molecule has 2 rings (SSSR count). The van der Waals surface area contributed by atoms with E-state index in [0.29, 0.717) is 0 Å². The van der Waals surface area contributed by atoms with Crippen LogP contribution in [0.15, 0.2) is 10.9 Å². The normalized spacial score (nSPS) is 18.9. The molecule has 1 aliphatic heterocycles. The van der Waals surface area contributed by atoms with Gasteiger partial charge in [-0.3, -0.25) is 19.5 Å².